The van der Waals surface area contributed by atoms with Gasteiger partial charge in [-0.1, -0.05) is 18.2 Å². The molecule has 0 bridgehead atoms. The maximum absolute atomic E-state index is 13.2. The summed E-state index contributed by atoms with van der Waals surface area (Å²) in [6.07, 6.45) is 0.364. The highest BCUT2D eigenvalue weighted by Gasteiger charge is 2.55. The van der Waals surface area contributed by atoms with Gasteiger partial charge in [0.25, 0.3) is 11.8 Å². The van der Waals surface area contributed by atoms with Crippen molar-refractivity contribution in [2.45, 2.75) is 18.5 Å². The number of thiophene rings is 1. The minimum absolute atomic E-state index is 0.0883. The molecule has 10 heteroatoms. The Morgan fingerprint density at radius 2 is 2.07 bits per heavy atom. The number of fused-ring (bicyclic) bond motifs is 2. The van der Waals surface area contributed by atoms with E-state index in [2.05, 4.69) is 31.4 Å². The molecular formula is C18H13BrN4O4S. The van der Waals surface area contributed by atoms with E-state index in [0.717, 1.165) is 13.6 Å². The summed E-state index contributed by atoms with van der Waals surface area (Å²) in [7, 11) is 0. The standard InChI is InChI=1S/C18H13BrN4O4S/c19-13-6-5-12(28-13)15-22-21-14(27-15)9-23-16(24)18(20-17(23)25)7-8-26-11-4-2-1-3-10(11)18/h1-6H,7-9H2,(H,20,25). The van der Waals surface area contributed by atoms with Gasteiger partial charge in [0.2, 0.25) is 5.89 Å². The lowest BCUT2D eigenvalue weighted by atomic mass is 9.84. The molecule has 1 unspecified atom stereocenters. The first-order valence-corrected chi connectivity index (χ1v) is 10.1. The molecule has 1 saturated heterocycles. The number of urea groups is 1. The van der Waals surface area contributed by atoms with E-state index >= 15 is 0 Å². The van der Waals surface area contributed by atoms with Gasteiger partial charge in [-0.25, -0.2) is 4.79 Å². The maximum Gasteiger partial charge on any atom is 0.325 e. The summed E-state index contributed by atoms with van der Waals surface area (Å²) in [5.41, 5.74) is -0.454. The maximum atomic E-state index is 13.2. The minimum Gasteiger partial charge on any atom is -0.493 e. The Morgan fingerprint density at radius 1 is 1.21 bits per heavy atom. The van der Waals surface area contributed by atoms with Gasteiger partial charge in [-0.3, -0.25) is 9.69 Å². The molecule has 1 N–H and O–H groups in total. The van der Waals surface area contributed by atoms with E-state index in [1.165, 1.54) is 11.3 Å². The van der Waals surface area contributed by atoms with Crippen LogP contribution in [0.4, 0.5) is 4.79 Å². The molecule has 3 aromatic rings. The molecule has 2 aliphatic rings. The average Bonchev–Trinajstić information content (AvgIpc) is 3.39. The number of aromatic nitrogens is 2. The number of hydrogen-bond donors (Lipinski definition) is 1. The molecule has 5 rings (SSSR count). The number of halogens is 1. The minimum atomic E-state index is -1.12. The van der Waals surface area contributed by atoms with E-state index in [1.807, 2.05) is 24.3 Å². The van der Waals surface area contributed by atoms with E-state index in [1.54, 1.807) is 12.1 Å². The van der Waals surface area contributed by atoms with Crippen LogP contribution in [-0.4, -0.2) is 33.6 Å². The van der Waals surface area contributed by atoms with Gasteiger partial charge in [0.1, 0.15) is 12.3 Å². The van der Waals surface area contributed by atoms with Gasteiger partial charge in [-0.2, -0.15) is 0 Å². The number of amides is 3. The number of ether oxygens (including phenoxy) is 1. The van der Waals surface area contributed by atoms with Gasteiger partial charge in [-0.15, -0.1) is 21.5 Å². The Hall–Kier alpha value is -2.72. The fraction of sp³-hybridized carbons (Fsp3) is 0.222. The summed E-state index contributed by atoms with van der Waals surface area (Å²) in [5, 5.41) is 10.9. The molecule has 4 heterocycles. The number of hydrogen-bond acceptors (Lipinski definition) is 7. The Morgan fingerprint density at radius 3 is 2.89 bits per heavy atom. The van der Waals surface area contributed by atoms with Gasteiger partial charge >= 0.3 is 6.03 Å². The number of nitrogens with zero attached hydrogens (tertiary/aromatic N) is 3. The molecule has 1 aromatic carbocycles. The van der Waals surface area contributed by atoms with Crippen molar-refractivity contribution in [2.24, 2.45) is 0 Å². The number of carbonyl (C=O) groups excluding carboxylic acids is 2. The molecule has 8 nitrogen and oxygen atoms in total. The molecule has 28 heavy (non-hydrogen) atoms. The molecule has 1 atom stereocenters. The Bertz CT molecular complexity index is 1100. The molecule has 142 valence electrons. The monoisotopic (exact) mass is 460 g/mol. The van der Waals surface area contributed by atoms with Crippen LogP contribution in [0.2, 0.25) is 0 Å². The predicted octanol–water partition coefficient (Wildman–Crippen LogP) is 3.29. The molecule has 1 spiro atoms. The van der Waals surface area contributed by atoms with Crippen LogP contribution >= 0.6 is 27.3 Å². The van der Waals surface area contributed by atoms with Crippen LogP contribution in [0.15, 0.2) is 44.6 Å². The van der Waals surface area contributed by atoms with E-state index in [9.17, 15) is 9.59 Å². The smallest absolute Gasteiger partial charge is 0.325 e. The number of nitrogens with one attached hydrogen (secondary N) is 1. The van der Waals surface area contributed by atoms with Gasteiger partial charge in [0.05, 0.1) is 15.3 Å². The highest BCUT2D eigenvalue weighted by Crippen LogP contribution is 2.41. The molecular weight excluding hydrogens is 448 g/mol. The van der Waals surface area contributed by atoms with Crippen molar-refractivity contribution in [3.63, 3.8) is 0 Å². The number of carbonyl (C=O) groups is 2. The Labute approximate surface area is 171 Å². The van der Waals surface area contributed by atoms with E-state index in [-0.39, 0.29) is 18.3 Å². The third-order valence-corrected chi connectivity index (χ3v) is 6.41. The van der Waals surface area contributed by atoms with E-state index in [0.29, 0.717) is 30.2 Å². The first-order valence-electron chi connectivity index (χ1n) is 8.51. The quantitative estimate of drug-likeness (QED) is 0.602. The van der Waals surface area contributed by atoms with Crippen LogP contribution in [0.25, 0.3) is 10.8 Å². The fourth-order valence-electron chi connectivity index (χ4n) is 3.50. The Kier molecular flexibility index (Phi) is 3.98. The van der Waals surface area contributed by atoms with Crippen LogP contribution < -0.4 is 10.1 Å². The van der Waals surface area contributed by atoms with Crippen molar-refractivity contribution in [2.75, 3.05) is 6.61 Å². The van der Waals surface area contributed by atoms with E-state index in [4.69, 9.17) is 9.15 Å². The summed E-state index contributed by atoms with van der Waals surface area (Å²) >= 11 is 4.84. The zero-order chi connectivity index (χ0) is 19.3. The van der Waals surface area contributed by atoms with Crippen LogP contribution in [0.1, 0.15) is 17.9 Å². The lowest BCUT2D eigenvalue weighted by molar-refractivity contribution is -0.133. The van der Waals surface area contributed by atoms with Crippen molar-refractivity contribution in [3.05, 3.63) is 51.6 Å². The average molecular weight is 461 g/mol. The Balaban J connectivity index is 1.43. The van der Waals surface area contributed by atoms with Crippen molar-refractivity contribution < 1.29 is 18.7 Å². The summed E-state index contributed by atoms with van der Waals surface area (Å²) in [5.74, 6) is 0.809. The summed E-state index contributed by atoms with van der Waals surface area (Å²) in [6, 6.07) is 10.5. The second kappa shape index (κ2) is 6.42. The van der Waals surface area contributed by atoms with Gasteiger partial charge in [0, 0.05) is 12.0 Å². The van der Waals surface area contributed by atoms with Gasteiger partial charge in [0.15, 0.2) is 5.54 Å². The summed E-state index contributed by atoms with van der Waals surface area (Å²) in [6.45, 7) is 0.254. The van der Waals surface area contributed by atoms with Crippen molar-refractivity contribution >= 4 is 39.2 Å². The van der Waals surface area contributed by atoms with Crippen LogP contribution in [0.5, 0.6) is 5.75 Å². The molecule has 2 aromatic heterocycles. The number of imide groups is 1. The first kappa shape index (κ1) is 17.4. The lowest BCUT2D eigenvalue weighted by Gasteiger charge is -2.33. The van der Waals surface area contributed by atoms with Crippen molar-refractivity contribution in [1.29, 1.82) is 0 Å². The first-order chi connectivity index (χ1) is 13.6. The zero-order valence-electron chi connectivity index (χ0n) is 14.3. The molecule has 0 saturated carbocycles. The topological polar surface area (TPSA) is 97.6 Å². The molecule has 0 aliphatic carbocycles. The van der Waals surface area contributed by atoms with Crippen LogP contribution in [-0.2, 0) is 16.9 Å². The van der Waals surface area contributed by atoms with E-state index < -0.39 is 11.6 Å². The molecule has 2 aliphatic heterocycles. The number of rotatable bonds is 3. The normalized spacial score (nSPS) is 21.0. The van der Waals surface area contributed by atoms with Crippen LogP contribution in [0, 0.1) is 0 Å². The second-order valence-corrected chi connectivity index (χ2v) is 8.89. The molecule has 1 fully saturated rings. The third kappa shape index (κ3) is 2.63. The predicted molar refractivity (Wildman–Crippen MR) is 103 cm³/mol. The summed E-state index contributed by atoms with van der Waals surface area (Å²) < 4.78 is 12.2. The second-order valence-electron chi connectivity index (χ2n) is 6.43. The van der Waals surface area contributed by atoms with Gasteiger partial charge < -0.3 is 14.5 Å². The van der Waals surface area contributed by atoms with Gasteiger partial charge in [-0.05, 0) is 34.1 Å². The van der Waals surface area contributed by atoms with Crippen LogP contribution in [0.3, 0.4) is 0 Å². The molecule has 3 amide bonds. The fourth-order valence-corrected chi connectivity index (χ4v) is 4.80. The van der Waals surface area contributed by atoms with Crippen molar-refractivity contribution in [3.8, 4) is 16.5 Å². The highest BCUT2D eigenvalue weighted by atomic mass is 79.9. The largest absolute Gasteiger partial charge is 0.493 e. The number of benzene rings is 1. The molecule has 0 radical (unpaired) electrons. The zero-order valence-corrected chi connectivity index (χ0v) is 16.7. The summed E-state index contributed by atoms with van der Waals surface area (Å²) in [4.78, 5) is 27.8. The third-order valence-electron chi connectivity index (χ3n) is 4.80. The SMILES string of the molecule is O=C1NC2(CCOc3ccccc32)C(=O)N1Cc1nnc(-c2ccc(Br)s2)o1. The lowest BCUT2D eigenvalue weighted by Crippen LogP contribution is -2.47. The highest BCUT2D eigenvalue weighted by molar-refractivity contribution is 9.11. The number of para-hydroxylation sites is 1. The van der Waals surface area contributed by atoms with Crippen molar-refractivity contribution in [1.82, 2.24) is 20.4 Å².